The Morgan fingerprint density at radius 2 is 1.10 bits per heavy atom. The van der Waals surface area contributed by atoms with Crippen LogP contribution in [0.25, 0.3) is 0 Å². The van der Waals surface area contributed by atoms with E-state index in [2.05, 4.69) is 21.4 Å². The van der Waals surface area contributed by atoms with E-state index in [1.807, 2.05) is 36.4 Å². The van der Waals surface area contributed by atoms with Gasteiger partial charge in [-0.3, -0.25) is 0 Å². The highest BCUT2D eigenvalue weighted by Gasteiger charge is 2.06. The highest BCUT2D eigenvalue weighted by molar-refractivity contribution is 8.76. The van der Waals surface area contributed by atoms with Crippen molar-refractivity contribution in [3.8, 4) is 0 Å². The van der Waals surface area contributed by atoms with Crippen molar-refractivity contribution in [2.45, 2.75) is 9.79 Å². The molecule has 0 unspecified atom stereocenters. The van der Waals surface area contributed by atoms with Crippen molar-refractivity contribution in [3.05, 3.63) is 58.3 Å². The molecule has 20 heavy (non-hydrogen) atoms. The Kier molecular flexibility index (Phi) is 5.39. The number of hydrogen-bond acceptors (Lipinski definition) is 6. The number of nitroso groups, excluding NO2 is 2. The minimum atomic E-state index is 0.638. The van der Waals surface area contributed by atoms with Gasteiger partial charge in [-0.15, -0.1) is 9.81 Å². The Hall–Kier alpha value is -2.06. The molecule has 0 saturated heterocycles. The Balaban J connectivity index is 2.12. The first-order valence-electron chi connectivity index (χ1n) is 5.54. The van der Waals surface area contributed by atoms with Crippen molar-refractivity contribution in [3.63, 3.8) is 0 Å². The number of anilines is 2. The maximum absolute atomic E-state index is 10.3. The molecule has 0 heterocycles. The van der Waals surface area contributed by atoms with Gasteiger partial charge in [-0.25, -0.2) is 10.9 Å². The van der Waals surface area contributed by atoms with Gasteiger partial charge >= 0.3 is 0 Å². The van der Waals surface area contributed by atoms with Crippen LogP contribution in [0.15, 0.2) is 68.9 Å². The minimum Gasteiger partial charge on any atom is -0.241 e. The summed E-state index contributed by atoms with van der Waals surface area (Å²) >= 11 is 0. The SMILES string of the molecule is O=NNc1ccccc1SSc1ccccc1NN=O. The van der Waals surface area contributed by atoms with Gasteiger partial charge in [0, 0.05) is 9.79 Å². The van der Waals surface area contributed by atoms with E-state index in [0.29, 0.717) is 11.4 Å². The standard InChI is InChI=1S/C12H10N4O2S2/c17-15-13-9-5-1-3-7-11(9)19-20-12-8-4-2-6-10(12)14-16-18/h1-8H,(H,13,17)(H,14,18). The fourth-order valence-corrected chi connectivity index (χ4v) is 3.72. The summed E-state index contributed by atoms with van der Waals surface area (Å²) in [6.07, 6.45) is 0. The van der Waals surface area contributed by atoms with E-state index >= 15 is 0 Å². The van der Waals surface area contributed by atoms with Gasteiger partial charge < -0.3 is 0 Å². The van der Waals surface area contributed by atoms with Gasteiger partial charge in [0.15, 0.2) is 0 Å². The molecular formula is C12H10N4O2S2. The smallest absolute Gasteiger partial charge is 0.0738 e. The van der Waals surface area contributed by atoms with E-state index < -0.39 is 0 Å². The van der Waals surface area contributed by atoms with Crippen molar-refractivity contribution in [2.75, 3.05) is 10.9 Å². The largest absolute Gasteiger partial charge is 0.241 e. The average Bonchev–Trinajstić information content (AvgIpc) is 2.48. The summed E-state index contributed by atoms with van der Waals surface area (Å²) < 4.78 is 0. The summed E-state index contributed by atoms with van der Waals surface area (Å²) in [7, 11) is 2.90. The summed E-state index contributed by atoms with van der Waals surface area (Å²) in [4.78, 5) is 22.3. The van der Waals surface area contributed by atoms with Gasteiger partial charge in [-0.1, -0.05) is 45.9 Å². The van der Waals surface area contributed by atoms with Crippen LogP contribution in [0.5, 0.6) is 0 Å². The summed E-state index contributed by atoms with van der Waals surface area (Å²) in [6.45, 7) is 0. The first-order valence-corrected chi connectivity index (χ1v) is 7.69. The fourth-order valence-electron chi connectivity index (χ4n) is 1.45. The molecule has 8 heteroatoms. The molecule has 2 aromatic carbocycles. The van der Waals surface area contributed by atoms with E-state index in [9.17, 15) is 9.81 Å². The van der Waals surface area contributed by atoms with Gasteiger partial charge in [0.1, 0.15) is 0 Å². The van der Waals surface area contributed by atoms with E-state index in [-0.39, 0.29) is 0 Å². The lowest BCUT2D eigenvalue weighted by Crippen LogP contribution is -1.89. The molecule has 6 nitrogen and oxygen atoms in total. The van der Waals surface area contributed by atoms with Crippen LogP contribution >= 0.6 is 21.6 Å². The topological polar surface area (TPSA) is 82.9 Å². The zero-order valence-corrected chi connectivity index (χ0v) is 11.8. The van der Waals surface area contributed by atoms with Crippen molar-refractivity contribution >= 4 is 33.0 Å². The van der Waals surface area contributed by atoms with Crippen molar-refractivity contribution in [1.29, 1.82) is 0 Å². The Morgan fingerprint density at radius 1 is 0.700 bits per heavy atom. The predicted octanol–water partition coefficient (Wildman–Crippen LogP) is 4.67. The number of hydrogen-bond donors (Lipinski definition) is 2. The maximum atomic E-state index is 10.3. The lowest BCUT2D eigenvalue weighted by atomic mass is 10.3. The second kappa shape index (κ2) is 7.51. The zero-order chi connectivity index (χ0) is 14.2. The monoisotopic (exact) mass is 306 g/mol. The minimum absolute atomic E-state index is 0.638. The van der Waals surface area contributed by atoms with E-state index in [4.69, 9.17) is 0 Å². The van der Waals surface area contributed by atoms with E-state index in [0.717, 1.165) is 9.79 Å². The quantitative estimate of drug-likeness (QED) is 0.439. The molecule has 0 saturated carbocycles. The molecule has 0 aliphatic heterocycles. The number of nitrogens with zero attached hydrogens (tertiary/aromatic N) is 2. The molecule has 0 aromatic heterocycles. The average molecular weight is 306 g/mol. The first kappa shape index (κ1) is 14.4. The van der Waals surface area contributed by atoms with E-state index in [1.54, 1.807) is 12.1 Å². The normalized spacial score (nSPS) is 9.80. The molecule has 0 radical (unpaired) electrons. The van der Waals surface area contributed by atoms with Crippen LogP contribution in [0.1, 0.15) is 0 Å². The summed E-state index contributed by atoms with van der Waals surface area (Å²) in [5.74, 6) is 0. The molecule has 0 aliphatic carbocycles. The summed E-state index contributed by atoms with van der Waals surface area (Å²) in [5.41, 5.74) is 6.08. The maximum Gasteiger partial charge on any atom is 0.0738 e. The Bertz CT molecular complexity index is 556. The number of benzene rings is 2. The summed E-state index contributed by atoms with van der Waals surface area (Å²) in [5, 5.41) is 5.35. The highest BCUT2D eigenvalue weighted by atomic mass is 33.1. The second-order valence-corrected chi connectivity index (χ2v) is 5.78. The van der Waals surface area contributed by atoms with Crippen LogP contribution in [-0.4, -0.2) is 0 Å². The highest BCUT2D eigenvalue weighted by Crippen LogP contribution is 2.43. The molecule has 102 valence electrons. The third kappa shape index (κ3) is 3.72. The molecule has 0 aliphatic rings. The zero-order valence-electron chi connectivity index (χ0n) is 10.1. The molecule has 0 amide bonds. The number of nitrogens with one attached hydrogen (secondary N) is 2. The van der Waals surface area contributed by atoms with E-state index in [1.165, 1.54) is 21.6 Å². The van der Waals surface area contributed by atoms with Gasteiger partial charge in [0.05, 0.1) is 21.9 Å². The molecule has 0 bridgehead atoms. The van der Waals surface area contributed by atoms with Crippen LogP contribution in [-0.2, 0) is 0 Å². The van der Waals surface area contributed by atoms with Crippen LogP contribution < -0.4 is 10.9 Å². The van der Waals surface area contributed by atoms with Crippen molar-refractivity contribution in [1.82, 2.24) is 0 Å². The molecule has 2 N–H and O–H groups in total. The number of rotatable bonds is 7. The molecule has 0 spiro atoms. The lowest BCUT2D eigenvalue weighted by molar-refractivity contribution is 1.27. The van der Waals surface area contributed by atoms with Gasteiger partial charge in [-0.05, 0) is 24.3 Å². The fraction of sp³-hybridized carbons (Fsp3) is 0. The van der Waals surface area contributed by atoms with Crippen LogP contribution in [0.4, 0.5) is 11.4 Å². The first-order chi connectivity index (χ1) is 9.85. The molecular weight excluding hydrogens is 296 g/mol. The van der Waals surface area contributed by atoms with Crippen molar-refractivity contribution < 1.29 is 0 Å². The van der Waals surface area contributed by atoms with Gasteiger partial charge in [0.25, 0.3) is 0 Å². The Labute approximate surface area is 123 Å². The number of para-hydroxylation sites is 2. The lowest BCUT2D eigenvalue weighted by Gasteiger charge is -2.08. The predicted molar refractivity (Wildman–Crippen MR) is 83.4 cm³/mol. The summed E-state index contributed by atoms with van der Waals surface area (Å²) in [6, 6.07) is 14.6. The molecule has 0 atom stereocenters. The third-order valence-electron chi connectivity index (χ3n) is 2.33. The molecule has 0 fully saturated rings. The van der Waals surface area contributed by atoms with Crippen molar-refractivity contribution in [2.24, 2.45) is 10.6 Å². The van der Waals surface area contributed by atoms with Gasteiger partial charge in [-0.2, -0.15) is 0 Å². The van der Waals surface area contributed by atoms with Crippen LogP contribution in [0, 0.1) is 9.81 Å². The Morgan fingerprint density at radius 3 is 1.50 bits per heavy atom. The molecule has 2 rings (SSSR count). The van der Waals surface area contributed by atoms with Gasteiger partial charge in [0.2, 0.25) is 0 Å². The van der Waals surface area contributed by atoms with Crippen LogP contribution in [0.2, 0.25) is 0 Å². The molecule has 2 aromatic rings. The third-order valence-corrected chi connectivity index (χ3v) is 4.81. The second-order valence-electron chi connectivity index (χ2n) is 3.57. The van der Waals surface area contributed by atoms with Crippen LogP contribution in [0.3, 0.4) is 0 Å².